The van der Waals surface area contributed by atoms with Crippen LogP contribution in [0, 0.1) is 0 Å². The predicted molar refractivity (Wildman–Crippen MR) is 92.8 cm³/mol. The molecule has 4 heteroatoms. The van der Waals surface area contributed by atoms with E-state index < -0.39 is 11.7 Å². The maximum atomic E-state index is 14.8. The summed E-state index contributed by atoms with van der Waals surface area (Å²) in [5.41, 5.74) is 2.43. The van der Waals surface area contributed by atoms with Crippen molar-refractivity contribution in [2.75, 3.05) is 33.2 Å². The highest BCUT2D eigenvalue weighted by atomic mass is 19.2. The SMILES string of the molecule is CN1CCN(C2c3ccccc3C(F)=C(F)c3ccccc32)CC1. The Morgan fingerprint density at radius 2 is 1.21 bits per heavy atom. The molecule has 1 heterocycles. The van der Waals surface area contributed by atoms with E-state index in [-0.39, 0.29) is 6.04 Å². The van der Waals surface area contributed by atoms with Gasteiger partial charge in [0.05, 0.1) is 6.04 Å². The van der Waals surface area contributed by atoms with E-state index in [0.29, 0.717) is 11.1 Å². The van der Waals surface area contributed by atoms with Crippen LogP contribution in [0.25, 0.3) is 11.7 Å². The maximum absolute atomic E-state index is 14.8. The second kappa shape index (κ2) is 6.11. The topological polar surface area (TPSA) is 6.48 Å². The zero-order valence-corrected chi connectivity index (χ0v) is 13.7. The molecule has 2 nitrogen and oxygen atoms in total. The van der Waals surface area contributed by atoms with Crippen molar-refractivity contribution in [3.05, 3.63) is 70.8 Å². The van der Waals surface area contributed by atoms with Crippen LogP contribution in [0.2, 0.25) is 0 Å². The Morgan fingerprint density at radius 3 is 1.71 bits per heavy atom. The Balaban J connectivity index is 1.91. The summed E-state index contributed by atoms with van der Waals surface area (Å²) >= 11 is 0. The van der Waals surface area contributed by atoms with Gasteiger partial charge in [0.1, 0.15) is 0 Å². The lowest BCUT2D eigenvalue weighted by molar-refractivity contribution is 0.127. The summed E-state index contributed by atoms with van der Waals surface area (Å²) in [4.78, 5) is 4.62. The van der Waals surface area contributed by atoms with Crippen molar-refractivity contribution in [1.29, 1.82) is 0 Å². The van der Waals surface area contributed by atoms with Crippen molar-refractivity contribution >= 4 is 11.7 Å². The zero-order valence-electron chi connectivity index (χ0n) is 13.7. The summed E-state index contributed by atoms with van der Waals surface area (Å²) in [6.07, 6.45) is 0. The fourth-order valence-electron chi connectivity index (χ4n) is 3.75. The quantitative estimate of drug-likeness (QED) is 0.778. The van der Waals surface area contributed by atoms with E-state index >= 15 is 0 Å². The number of rotatable bonds is 1. The summed E-state index contributed by atoms with van der Waals surface area (Å²) in [7, 11) is 2.10. The molecule has 2 aliphatic rings. The molecule has 0 N–H and O–H groups in total. The molecule has 4 rings (SSSR count). The van der Waals surface area contributed by atoms with Crippen molar-refractivity contribution < 1.29 is 8.78 Å². The van der Waals surface area contributed by atoms with Gasteiger partial charge in [-0.25, -0.2) is 8.78 Å². The first-order valence-electron chi connectivity index (χ1n) is 8.33. The molecule has 0 spiro atoms. The van der Waals surface area contributed by atoms with Crippen molar-refractivity contribution in [3.8, 4) is 0 Å². The number of hydrogen-bond donors (Lipinski definition) is 0. The molecule has 2 aromatic rings. The third-order valence-corrected chi connectivity index (χ3v) is 5.08. The van der Waals surface area contributed by atoms with Crippen molar-refractivity contribution in [1.82, 2.24) is 9.80 Å². The normalized spacial score (nSPS) is 19.8. The van der Waals surface area contributed by atoms with Gasteiger partial charge in [-0.3, -0.25) is 4.90 Å². The Labute approximate surface area is 141 Å². The van der Waals surface area contributed by atoms with Crippen LogP contribution in [0.15, 0.2) is 48.5 Å². The van der Waals surface area contributed by atoms with Crippen LogP contribution in [0.1, 0.15) is 28.3 Å². The largest absolute Gasteiger partial charge is 0.304 e. The number of hydrogen-bond acceptors (Lipinski definition) is 2. The second-order valence-corrected chi connectivity index (χ2v) is 6.54. The molecule has 1 saturated heterocycles. The molecule has 1 aliphatic heterocycles. The molecule has 2 aromatic carbocycles. The lowest BCUT2D eigenvalue weighted by Crippen LogP contribution is -2.46. The summed E-state index contributed by atoms with van der Waals surface area (Å²) in [6, 6.07) is 14.4. The van der Waals surface area contributed by atoms with Crippen molar-refractivity contribution in [2.45, 2.75) is 6.04 Å². The van der Waals surface area contributed by atoms with Crippen LogP contribution >= 0.6 is 0 Å². The number of piperazine rings is 1. The molecular weight excluding hydrogens is 306 g/mol. The van der Waals surface area contributed by atoms with Gasteiger partial charge in [-0.05, 0) is 18.2 Å². The number of nitrogens with zero attached hydrogens (tertiary/aromatic N) is 2. The molecule has 24 heavy (non-hydrogen) atoms. The Morgan fingerprint density at radius 1 is 0.750 bits per heavy atom. The Hall–Kier alpha value is -2.04. The molecule has 0 radical (unpaired) electrons. The second-order valence-electron chi connectivity index (χ2n) is 6.54. The standard InChI is InChI=1S/C20H20F2N2/c1-23-10-12-24(13-11-23)20-16-8-4-2-6-14(16)18(21)19(22)15-7-3-5-9-17(15)20/h2-9,20H,10-13H2,1H3. The van der Waals surface area contributed by atoms with Crippen molar-refractivity contribution in [2.24, 2.45) is 0 Å². The molecule has 124 valence electrons. The maximum Gasteiger partial charge on any atom is 0.167 e. The van der Waals surface area contributed by atoms with Gasteiger partial charge in [-0.15, -0.1) is 0 Å². The van der Waals surface area contributed by atoms with E-state index in [9.17, 15) is 8.78 Å². The molecule has 0 saturated carbocycles. The first-order valence-corrected chi connectivity index (χ1v) is 8.33. The lowest BCUT2D eigenvalue weighted by atomic mass is 9.92. The molecule has 1 aliphatic carbocycles. The Kier molecular flexibility index (Phi) is 3.94. The van der Waals surface area contributed by atoms with E-state index in [1.165, 1.54) is 0 Å². The van der Waals surface area contributed by atoms with Crippen LogP contribution in [0.5, 0.6) is 0 Å². The number of likely N-dealkylation sites (N-methyl/N-ethyl adjacent to an activating group) is 1. The summed E-state index contributed by atoms with van der Waals surface area (Å²) < 4.78 is 29.6. The third-order valence-electron chi connectivity index (χ3n) is 5.08. The fraction of sp³-hybridized carbons (Fsp3) is 0.300. The summed E-state index contributed by atoms with van der Waals surface area (Å²) in [6.45, 7) is 3.68. The zero-order chi connectivity index (χ0) is 16.7. The van der Waals surface area contributed by atoms with Gasteiger partial charge in [-0.1, -0.05) is 48.5 Å². The minimum atomic E-state index is -0.755. The Bertz CT molecular complexity index is 736. The van der Waals surface area contributed by atoms with E-state index in [2.05, 4.69) is 16.8 Å². The lowest BCUT2D eigenvalue weighted by Gasteiger charge is -2.39. The number of benzene rings is 2. The first kappa shape index (κ1) is 15.5. The van der Waals surface area contributed by atoms with E-state index in [0.717, 1.165) is 37.3 Å². The van der Waals surface area contributed by atoms with Gasteiger partial charge in [0.25, 0.3) is 0 Å². The predicted octanol–water partition coefficient (Wildman–Crippen LogP) is 4.10. The minimum absolute atomic E-state index is 0.120. The highest BCUT2D eigenvalue weighted by molar-refractivity contribution is 5.87. The highest BCUT2D eigenvalue weighted by Crippen LogP contribution is 2.44. The van der Waals surface area contributed by atoms with Crippen LogP contribution in [0.3, 0.4) is 0 Å². The molecule has 0 aromatic heterocycles. The smallest absolute Gasteiger partial charge is 0.167 e. The highest BCUT2D eigenvalue weighted by Gasteiger charge is 2.33. The van der Waals surface area contributed by atoms with Crippen LogP contribution in [-0.2, 0) is 0 Å². The van der Waals surface area contributed by atoms with Gasteiger partial charge < -0.3 is 4.90 Å². The minimum Gasteiger partial charge on any atom is -0.304 e. The van der Waals surface area contributed by atoms with Gasteiger partial charge in [0.2, 0.25) is 0 Å². The van der Waals surface area contributed by atoms with Gasteiger partial charge in [0, 0.05) is 37.3 Å². The van der Waals surface area contributed by atoms with Crippen LogP contribution in [0.4, 0.5) is 8.78 Å². The summed E-state index contributed by atoms with van der Waals surface area (Å²) in [5.74, 6) is -1.51. The average Bonchev–Trinajstić information content (AvgIpc) is 2.71. The van der Waals surface area contributed by atoms with Crippen LogP contribution in [-0.4, -0.2) is 43.0 Å². The number of fused-ring (bicyclic) bond motifs is 2. The van der Waals surface area contributed by atoms with Crippen molar-refractivity contribution in [3.63, 3.8) is 0 Å². The van der Waals surface area contributed by atoms with Gasteiger partial charge in [-0.2, -0.15) is 0 Å². The molecule has 0 amide bonds. The molecular formula is C20H20F2N2. The first-order chi connectivity index (χ1) is 11.7. The van der Waals surface area contributed by atoms with E-state index in [1.807, 2.05) is 24.3 Å². The number of halogens is 2. The van der Waals surface area contributed by atoms with Crippen LogP contribution < -0.4 is 0 Å². The monoisotopic (exact) mass is 326 g/mol. The molecule has 0 unspecified atom stereocenters. The molecule has 0 atom stereocenters. The van der Waals surface area contributed by atoms with Gasteiger partial charge >= 0.3 is 0 Å². The van der Waals surface area contributed by atoms with Gasteiger partial charge in [0.15, 0.2) is 11.7 Å². The summed E-state index contributed by atoms with van der Waals surface area (Å²) in [5, 5.41) is 0. The van der Waals surface area contributed by atoms with E-state index in [4.69, 9.17) is 0 Å². The fourth-order valence-corrected chi connectivity index (χ4v) is 3.75. The third kappa shape index (κ3) is 2.46. The van der Waals surface area contributed by atoms with E-state index in [1.54, 1.807) is 24.3 Å². The molecule has 1 fully saturated rings. The molecule has 0 bridgehead atoms. The average molecular weight is 326 g/mol.